The zero-order chi connectivity index (χ0) is 25.2. The molecule has 0 saturated heterocycles. The molecule has 0 unspecified atom stereocenters. The molecular weight excluding hydrogens is 438 g/mol. The van der Waals surface area contributed by atoms with E-state index in [1.165, 1.54) is 18.1 Å². The number of hydrogen-bond acceptors (Lipinski definition) is 4. The number of carbonyl (C=O) groups excluding carboxylic acids is 1. The highest BCUT2D eigenvalue weighted by Gasteiger charge is 2.39. The lowest BCUT2D eigenvalue weighted by Crippen LogP contribution is -2.51. The number of allylic oxidation sites excluding steroid dienone is 1. The largest absolute Gasteiger partial charge is 0.461 e. The Labute approximate surface area is 208 Å². The van der Waals surface area contributed by atoms with E-state index in [-0.39, 0.29) is 23.2 Å². The van der Waals surface area contributed by atoms with Gasteiger partial charge in [-0.1, -0.05) is 87.5 Å². The lowest BCUT2D eigenvalue weighted by molar-refractivity contribution is -0.151. The molecule has 0 amide bonds. The van der Waals surface area contributed by atoms with Crippen molar-refractivity contribution in [1.82, 2.24) is 4.90 Å². The molecule has 2 aromatic carbocycles. The van der Waals surface area contributed by atoms with Crippen LogP contribution in [0.1, 0.15) is 51.7 Å². The Morgan fingerprint density at radius 2 is 1.50 bits per heavy atom. The molecule has 0 spiro atoms. The van der Waals surface area contributed by atoms with Crippen molar-refractivity contribution in [3.8, 4) is 0 Å². The number of esters is 1. The molecule has 0 radical (unpaired) electrons. The predicted octanol–water partition coefficient (Wildman–Crippen LogP) is 6.98. The Kier molecular flexibility index (Phi) is 10.7. The molecule has 0 fully saturated rings. The van der Waals surface area contributed by atoms with Gasteiger partial charge in [0.05, 0.1) is 12.6 Å². The molecule has 0 aliphatic heterocycles. The second-order valence-corrected chi connectivity index (χ2v) is 15.3. The molecular formula is C29H43NO3Si. The minimum absolute atomic E-state index is 0.0848. The van der Waals surface area contributed by atoms with Crippen LogP contribution in [0.4, 0.5) is 0 Å². The van der Waals surface area contributed by atoms with Crippen LogP contribution >= 0.6 is 0 Å². The molecule has 0 N–H and O–H groups in total. The van der Waals surface area contributed by atoms with Crippen LogP contribution in [-0.4, -0.2) is 37.9 Å². The topological polar surface area (TPSA) is 38.8 Å². The normalized spacial score (nSPS) is 14.0. The van der Waals surface area contributed by atoms with Gasteiger partial charge in [-0.3, -0.25) is 9.69 Å². The number of rotatable bonds is 13. The fourth-order valence-corrected chi connectivity index (χ4v) is 4.73. The zero-order valence-electron chi connectivity index (χ0n) is 21.9. The summed E-state index contributed by atoms with van der Waals surface area (Å²) in [5.41, 5.74) is 2.45. The average Bonchev–Trinajstić information content (AvgIpc) is 2.77. The Bertz CT molecular complexity index is 836. The standard InChI is InChI=1S/C29H43NO3Si/c1-8-9-20-28(33-24(2)31)27(23-32-34(6,7)29(3,4)5)30(21-25-16-12-10-13-17-25)22-26-18-14-11-15-19-26/h8,10-19,27-28H,1,9,20-23H2,2-7H3/t27-,28+/m0/s1. The quantitative estimate of drug-likeness (QED) is 0.176. The van der Waals surface area contributed by atoms with Crippen LogP contribution in [0.2, 0.25) is 18.1 Å². The lowest BCUT2D eigenvalue weighted by Gasteiger charge is -2.41. The van der Waals surface area contributed by atoms with Gasteiger partial charge in [0, 0.05) is 20.0 Å². The van der Waals surface area contributed by atoms with E-state index in [9.17, 15) is 4.79 Å². The summed E-state index contributed by atoms with van der Waals surface area (Å²) in [4.78, 5) is 14.5. The van der Waals surface area contributed by atoms with Crippen LogP contribution in [0.3, 0.4) is 0 Å². The van der Waals surface area contributed by atoms with Crippen LogP contribution in [0.15, 0.2) is 73.3 Å². The van der Waals surface area contributed by atoms with Crippen molar-refractivity contribution >= 4 is 14.3 Å². The molecule has 186 valence electrons. The molecule has 34 heavy (non-hydrogen) atoms. The number of carbonyl (C=O) groups is 1. The zero-order valence-corrected chi connectivity index (χ0v) is 22.9. The molecule has 5 heteroatoms. The van der Waals surface area contributed by atoms with E-state index < -0.39 is 8.32 Å². The van der Waals surface area contributed by atoms with Crippen molar-refractivity contribution in [2.45, 2.75) is 83.9 Å². The molecule has 0 heterocycles. The molecule has 2 aromatic rings. The molecule has 2 atom stereocenters. The first-order chi connectivity index (χ1) is 16.0. The van der Waals surface area contributed by atoms with Gasteiger partial charge in [-0.15, -0.1) is 6.58 Å². The van der Waals surface area contributed by atoms with Crippen LogP contribution in [0.25, 0.3) is 0 Å². The molecule has 2 rings (SSSR count). The van der Waals surface area contributed by atoms with Gasteiger partial charge in [0.2, 0.25) is 0 Å². The first kappa shape index (κ1) is 28.0. The number of benzene rings is 2. The summed E-state index contributed by atoms with van der Waals surface area (Å²) in [6, 6.07) is 20.8. The fraction of sp³-hybridized carbons (Fsp3) is 0.483. The second kappa shape index (κ2) is 13.0. The lowest BCUT2D eigenvalue weighted by atomic mass is 10.0. The maximum atomic E-state index is 12.1. The van der Waals surface area contributed by atoms with Gasteiger partial charge in [-0.25, -0.2) is 0 Å². The molecule has 0 aromatic heterocycles. The molecule has 0 aliphatic carbocycles. The third kappa shape index (κ3) is 8.86. The SMILES string of the molecule is C=CCC[C@@H](OC(C)=O)[C@H](CO[Si](C)(C)C(C)(C)C)N(Cc1ccccc1)Cc1ccccc1. The van der Waals surface area contributed by atoms with Crippen molar-refractivity contribution in [2.24, 2.45) is 0 Å². The van der Waals surface area contributed by atoms with Crippen molar-refractivity contribution < 1.29 is 14.0 Å². The van der Waals surface area contributed by atoms with E-state index in [0.717, 1.165) is 19.5 Å². The maximum Gasteiger partial charge on any atom is 0.302 e. The summed E-state index contributed by atoms with van der Waals surface area (Å²) < 4.78 is 12.7. The number of nitrogens with zero attached hydrogens (tertiary/aromatic N) is 1. The van der Waals surface area contributed by atoms with E-state index in [0.29, 0.717) is 13.0 Å². The molecule has 0 bridgehead atoms. The van der Waals surface area contributed by atoms with Gasteiger partial charge in [0.25, 0.3) is 0 Å². The van der Waals surface area contributed by atoms with Crippen LogP contribution in [0, 0.1) is 0 Å². The Morgan fingerprint density at radius 3 is 1.91 bits per heavy atom. The smallest absolute Gasteiger partial charge is 0.302 e. The Morgan fingerprint density at radius 1 is 1.00 bits per heavy atom. The first-order valence-electron chi connectivity index (χ1n) is 12.3. The van der Waals surface area contributed by atoms with Gasteiger partial charge in [0.1, 0.15) is 6.10 Å². The molecule has 0 aliphatic rings. The van der Waals surface area contributed by atoms with Gasteiger partial charge < -0.3 is 9.16 Å². The van der Waals surface area contributed by atoms with Crippen LogP contribution < -0.4 is 0 Å². The fourth-order valence-electron chi connectivity index (χ4n) is 3.71. The average molecular weight is 482 g/mol. The highest BCUT2D eigenvalue weighted by Crippen LogP contribution is 2.37. The van der Waals surface area contributed by atoms with E-state index in [4.69, 9.17) is 9.16 Å². The summed E-state index contributed by atoms with van der Waals surface area (Å²) in [7, 11) is -2.00. The van der Waals surface area contributed by atoms with E-state index in [1.807, 2.05) is 18.2 Å². The van der Waals surface area contributed by atoms with E-state index in [1.54, 1.807) is 0 Å². The third-order valence-corrected chi connectivity index (χ3v) is 11.2. The monoisotopic (exact) mass is 481 g/mol. The summed E-state index contributed by atoms with van der Waals surface area (Å²) in [6.07, 6.45) is 3.10. The predicted molar refractivity (Wildman–Crippen MR) is 144 cm³/mol. The maximum absolute atomic E-state index is 12.1. The van der Waals surface area contributed by atoms with Crippen molar-refractivity contribution in [2.75, 3.05) is 6.61 Å². The van der Waals surface area contributed by atoms with Gasteiger partial charge in [0.15, 0.2) is 8.32 Å². The Hall–Kier alpha value is -2.21. The number of hydrogen-bond donors (Lipinski definition) is 0. The van der Waals surface area contributed by atoms with Crippen LogP contribution in [0.5, 0.6) is 0 Å². The Balaban J connectivity index is 2.45. The van der Waals surface area contributed by atoms with Gasteiger partial charge in [-0.2, -0.15) is 0 Å². The first-order valence-corrected chi connectivity index (χ1v) is 15.2. The van der Waals surface area contributed by atoms with Crippen LogP contribution in [-0.2, 0) is 27.0 Å². The summed E-state index contributed by atoms with van der Waals surface area (Å²) >= 11 is 0. The number of ether oxygens (including phenoxy) is 1. The van der Waals surface area contributed by atoms with E-state index >= 15 is 0 Å². The van der Waals surface area contributed by atoms with Crippen molar-refractivity contribution in [3.63, 3.8) is 0 Å². The molecule has 4 nitrogen and oxygen atoms in total. The van der Waals surface area contributed by atoms with Crippen molar-refractivity contribution in [1.29, 1.82) is 0 Å². The second-order valence-electron chi connectivity index (χ2n) is 10.5. The third-order valence-electron chi connectivity index (χ3n) is 6.75. The molecule has 0 saturated carbocycles. The van der Waals surface area contributed by atoms with Crippen molar-refractivity contribution in [3.05, 3.63) is 84.4 Å². The highest BCUT2D eigenvalue weighted by atomic mass is 28.4. The summed E-state index contributed by atoms with van der Waals surface area (Å²) in [5, 5.41) is 0.0965. The minimum atomic E-state index is -2.00. The van der Waals surface area contributed by atoms with Gasteiger partial charge in [-0.05, 0) is 42.1 Å². The summed E-state index contributed by atoms with van der Waals surface area (Å²) in [6.45, 7) is 18.7. The highest BCUT2D eigenvalue weighted by molar-refractivity contribution is 6.74. The summed E-state index contributed by atoms with van der Waals surface area (Å²) in [5.74, 6) is -0.259. The van der Waals surface area contributed by atoms with Gasteiger partial charge >= 0.3 is 5.97 Å². The van der Waals surface area contributed by atoms with E-state index in [2.05, 4.69) is 93.9 Å². The minimum Gasteiger partial charge on any atom is -0.461 e.